The molecule has 0 heterocycles. The van der Waals surface area contributed by atoms with Crippen LogP contribution in [-0.4, -0.2) is 46.0 Å². The van der Waals surface area contributed by atoms with Gasteiger partial charge in [-0.2, -0.15) is 0 Å². The number of carbonyl (C=O) groups is 3. The van der Waals surface area contributed by atoms with Crippen LogP contribution in [0.3, 0.4) is 0 Å². The number of carbonyl (C=O) groups excluding carboxylic acids is 3. The number of amides is 1. The molecular formula is C19H20N2O6S2. The molecule has 2 aromatic rings. The van der Waals surface area contributed by atoms with E-state index in [1.54, 1.807) is 12.1 Å². The summed E-state index contributed by atoms with van der Waals surface area (Å²) >= 11 is 1.41. The fourth-order valence-electron chi connectivity index (χ4n) is 2.37. The maximum absolute atomic E-state index is 12.4. The maximum atomic E-state index is 12.4. The highest BCUT2D eigenvalue weighted by Crippen LogP contribution is 2.26. The first-order chi connectivity index (χ1) is 13.7. The van der Waals surface area contributed by atoms with Crippen molar-refractivity contribution in [3.05, 3.63) is 53.6 Å². The third-order valence-corrected chi connectivity index (χ3v) is 6.02. The van der Waals surface area contributed by atoms with E-state index in [1.165, 1.54) is 56.1 Å². The summed E-state index contributed by atoms with van der Waals surface area (Å²) in [6.45, 7) is 0.836. The summed E-state index contributed by atoms with van der Waals surface area (Å²) in [5, 5.41) is 2.65. The van der Waals surface area contributed by atoms with Crippen molar-refractivity contribution in [3.8, 4) is 0 Å². The Morgan fingerprint density at radius 3 is 2.41 bits per heavy atom. The average molecular weight is 437 g/mol. The summed E-state index contributed by atoms with van der Waals surface area (Å²) in [6.07, 6.45) is 1.84. The first-order valence-electron chi connectivity index (χ1n) is 8.37. The fourth-order valence-corrected chi connectivity index (χ4v) is 3.68. The third kappa shape index (κ3) is 5.89. The number of anilines is 1. The van der Waals surface area contributed by atoms with Gasteiger partial charge in [-0.3, -0.25) is 9.59 Å². The van der Waals surface area contributed by atoms with Crippen molar-refractivity contribution in [3.63, 3.8) is 0 Å². The van der Waals surface area contributed by atoms with Crippen LogP contribution in [0.1, 0.15) is 27.6 Å². The third-order valence-electron chi connectivity index (χ3n) is 3.82. The van der Waals surface area contributed by atoms with Crippen molar-refractivity contribution in [1.29, 1.82) is 0 Å². The van der Waals surface area contributed by atoms with Crippen molar-refractivity contribution in [1.82, 2.24) is 4.72 Å². The van der Waals surface area contributed by atoms with Crippen LogP contribution < -0.4 is 10.0 Å². The van der Waals surface area contributed by atoms with Crippen LogP contribution in [0.5, 0.6) is 0 Å². The van der Waals surface area contributed by atoms with Crippen LogP contribution >= 0.6 is 11.8 Å². The van der Waals surface area contributed by atoms with Crippen molar-refractivity contribution in [2.75, 3.05) is 25.2 Å². The Kier molecular flexibility index (Phi) is 7.54. The molecule has 0 aliphatic rings. The first kappa shape index (κ1) is 22.6. The van der Waals surface area contributed by atoms with Crippen LogP contribution in [-0.2, 0) is 19.6 Å². The van der Waals surface area contributed by atoms with Crippen molar-refractivity contribution in [2.45, 2.75) is 16.7 Å². The Balaban J connectivity index is 2.12. The lowest BCUT2D eigenvalue weighted by molar-refractivity contribution is -0.114. The molecule has 0 fully saturated rings. The van der Waals surface area contributed by atoms with E-state index in [-0.39, 0.29) is 21.9 Å². The van der Waals surface area contributed by atoms with Crippen LogP contribution in [0.4, 0.5) is 5.69 Å². The molecule has 0 aromatic heterocycles. The molecule has 2 rings (SSSR count). The molecule has 0 aliphatic heterocycles. The number of rotatable bonds is 8. The number of thioether (sulfide) groups is 1. The number of hydrogen-bond acceptors (Lipinski definition) is 7. The Hall–Kier alpha value is -2.69. The van der Waals surface area contributed by atoms with Gasteiger partial charge < -0.3 is 10.1 Å². The zero-order chi connectivity index (χ0) is 21.6. The van der Waals surface area contributed by atoms with Crippen molar-refractivity contribution >= 4 is 45.1 Å². The molecule has 29 heavy (non-hydrogen) atoms. The highest BCUT2D eigenvalue weighted by atomic mass is 32.2. The molecule has 0 saturated carbocycles. The number of esters is 1. The summed E-state index contributed by atoms with van der Waals surface area (Å²) < 4.78 is 30.9. The van der Waals surface area contributed by atoms with E-state index in [0.717, 1.165) is 4.90 Å². The van der Waals surface area contributed by atoms with Gasteiger partial charge in [-0.25, -0.2) is 17.9 Å². The van der Waals surface area contributed by atoms with Crippen LogP contribution in [0.15, 0.2) is 52.3 Å². The summed E-state index contributed by atoms with van der Waals surface area (Å²) in [5.74, 6) is -1.56. The Labute approximate surface area is 173 Å². The van der Waals surface area contributed by atoms with E-state index in [4.69, 9.17) is 4.74 Å². The zero-order valence-electron chi connectivity index (χ0n) is 16.0. The normalized spacial score (nSPS) is 11.0. The largest absolute Gasteiger partial charge is 0.454 e. The van der Waals surface area contributed by atoms with Gasteiger partial charge in [-0.05, 0) is 43.6 Å². The molecule has 1 amide bonds. The lowest BCUT2D eigenvalue weighted by Gasteiger charge is -2.10. The molecular weight excluding hydrogens is 416 g/mol. The zero-order valence-corrected chi connectivity index (χ0v) is 17.6. The molecule has 10 heteroatoms. The van der Waals surface area contributed by atoms with Gasteiger partial charge in [0.1, 0.15) is 0 Å². The SMILES string of the molecule is CNS(=O)(=O)c1cccc(C(=O)OCC(=O)c2ccc(SC)c(NC(C)=O)c2)c1. The number of ether oxygens (including phenoxy) is 1. The summed E-state index contributed by atoms with van der Waals surface area (Å²) in [5.41, 5.74) is 0.767. The van der Waals surface area contributed by atoms with Gasteiger partial charge in [0.15, 0.2) is 12.4 Å². The standard InChI is InChI=1S/C19H20N2O6S2/c1-12(22)21-16-10-13(7-8-18(16)28-3)17(23)11-27-19(24)14-5-4-6-15(9-14)29(25,26)20-2/h4-10,20H,11H2,1-3H3,(H,21,22). The van der Waals surface area contributed by atoms with E-state index >= 15 is 0 Å². The Morgan fingerprint density at radius 1 is 1.07 bits per heavy atom. The van der Waals surface area contributed by atoms with Gasteiger partial charge >= 0.3 is 5.97 Å². The second-order valence-electron chi connectivity index (χ2n) is 5.83. The van der Waals surface area contributed by atoms with E-state index < -0.39 is 28.4 Å². The Morgan fingerprint density at radius 2 is 1.79 bits per heavy atom. The minimum Gasteiger partial charge on any atom is -0.454 e. The van der Waals surface area contributed by atoms with Crippen molar-refractivity contribution < 1.29 is 27.5 Å². The molecule has 0 atom stereocenters. The first-order valence-corrected chi connectivity index (χ1v) is 11.1. The van der Waals surface area contributed by atoms with Gasteiger partial charge in [0.25, 0.3) is 0 Å². The van der Waals surface area contributed by atoms with Crippen molar-refractivity contribution in [2.24, 2.45) is 0 Å². The number of hydrogen-bond donors (Lipinski definition) is 2. The molecule has 2 N–H and O–H groups in total. The lowest BCUT2D eigenvalue weighted by Crippen LogP contribution is -2.19. The molecule has 0 bridgehead atoms. The van der Waals surface area contributed by atoms with Gasteiger partial charge in [-0.1, -0.05) is 12.1 Å². The minimum absolute atomic E-state index is 0.00536. The predicted molar refractivity (Wildman–Crippen MR) is 110 cm³/mol. The van der Waals surface area contributed by atoms with Gasteiger partial charge in [0, 0.05) is 17.4 Å². The highest BCUT2D eigenvalue weighted by molar-refractivity contribution is 7.98. The van der Waals surface area contributed by atoms with Crippen LogP contribution in [0, 0.1) is 0 Å². The van der Waals surface area contributed by atoms with E-state index in [1.807, 2.05) is 6.26 Å². The number of ketones is 1. The summed E-state index contributed by atoms with van der Waals surface area (Å²) in [7, 11) is -2.45. The Bertz CT molecular complexity index is 1050. The van der Waals surface area contributed by atoms with E-state index in [9.17, 15) is 22.8 Å². The molecule has 2 aromatic carbocycles. The van der Waals surface area contributed by atoms with Gasteiger partial charge in [0.05, 0.1) is 16.1 Å². The van der Waals surface area contributed by atoms with Crippen LogP contribution in [0.2, 0.25) is 0 Å². The smallest absolute Gasteiger partial charge is 0.338 e. The molecule has 0 spiro atoms. The molecule has 0 radical (unpaired) electrons. The maximum Gasteiger partial charge on any atom is 0.338 e. The molecule has 0 saturated heterocycles. The fraction of sp³-hybridized carbons (Fsp3) is 0.211. The number of Topliss-reactive ketones (excluding diaryl/α,β-unsaturated/α-hetero) is 1. The van der Waals surface area contributed by atoms with E-state index in [2.05, 4.69) is 10.0 Å². The van der Waals surface area contributed by atoms with Gasteiger partial charge in [-0.15, -0.1) is 11.8 Å². The minimum atomic E-state index is -3.71. The number of sulfonamides is 1. The molecule has 154 valence electrons. The predicted octanol–water partition coefficient (Wildman–Crippen LogP) is 2.31. The average Bonchev–Trinajstić information content (AvgIpc) is 2.71. The lowest BCUT2D eigenvalue weighted by atomic mass is 10.1. The molecule has 0 aliphatic carbocycles. The summed E-state index contributed by atoms with van der Waals surface area (Å²) in [4.78, 5) is 36.6. The topological polar surface area (TPSA) is 119 Å². The number of nitrogens with one attached hydrogen (secondary N) is 2. The molecule has 8 nitrogen and oxygen atoms in total. The van der Waals surface area contributed by atoms with Crippen LogP contribution in [0.25, 0.3) is 0 Å². The summed E-state index contributed by atoms with van der Waals surface area (Å²) in [6, 6.07) is 10.1. The second-order valence-corrected chi connectivity index (χ2v) is 8.57. The quantitative estimate of drug-likeness (QED) is 0.370. The van der Waals surface area contributed by atoms with E-state index in [0.29, 0.717) is 5.69 Å². The highest BCUT2D eigenvalue weighted by Gasteiger charge is 2.17. The molecule has 0 unspecified atom stereocenters. The monoisotopic (exact) mass is 436 g/mol. The van der Waals surface area contributed by atoms with Gasteiger partial charge in [0.2, 0.25) is 15.9 Å². The number of benzene rings is 2. The second kappa shape index (κ2) is 9.68.